The van der Waals surface area contributed by atoms with Gasteiger partial charge >= 0.3 is 0 Å². The minimum Gasteiger partial charge on any atom is -0.371 e. The standard InChI is InChI=1S/C17H30N2/c1-8-18-13(2)15-11-9-10-12-16(15)19(7)14(3)17(4,5)6/h9-14,18H,8H2,1-7H3. The zero-order valence-electron chi connectivity index (χ0n) is 13.6. The molecule has 1 aromatic carbocycles. The lowest BCUT2D eigenvalue weighted by Gasteiger charge is -2.38. The first-order valence-electron chi connectivity index (χ1n) is 7.34. The van der Waals surface area contributed by atoms with Crippen LogP contribution in [0.5, 0.6) is 0 Å². The van der Waals surface area contributed by atoms with Crippen molar-refractivity contribution in [3.63, 3.8) is 0 Å². The van der Waals surface area contributed by atoms with Gasteiger partial charge in [0.2, 0.25) is 0 Å². The number of nitrogens with zero attached hydrogens (tertiary/aromatic N) is 1. The maximum absolute atomic E-state index is 3.51. The number of anilines is 1. The van der Waals surface area contributed by atoms with E-state index in [4.69, 9.17) is 0 Å². The molecule has 2 heteroatoms. The zero-order valence-corrected chi connectivity index (χ0v) is 13.6. The largest absolute Gasteiger partial charge is 0.371 e. The van der Waals surface area contributed by atoms with Crippen LogP contribution in [0.1, 0.15) is 53.1 Å². The number of rotatable bonds is 5. The number of hydrogen-bond donors (Lipinski definition) is 1. The maximum Gasteiger partial charge on any atom is 0.0414 e. The van der Waals surface area contributed by atoms with Crippen LogP contribution < -0.4 is 10.2 Å². The molecule has 0 aliphatic heterocycles. The lowest BCUT2D eigenvalue weighted by atomic mass is 9.86. The molecule has 2 atom stereocenters. The van der Waals surface area contributed by atoms with Crippen molar-refractivity contribution < 1.29 is 0 Å². The Balaban J connectivity index is 3.06. The fraction of sp³-hybridized carbons (Fsp3) is 0.647. The monoisotopic (exact) mass is 262 g/mol. The molecule has 1 aromatic rings. The highest BCUT2D eigenvalue weighted by atomic mass is 15.1. The third-order valence-electron chi connectivity index (χ3n) is 4.13. The van der Waals surface area contributed by atoms with Gasteiger partial charge in [-0.2, -0.15) is 0 Å². The number of benzene rings is 1. The average molecular weight is 262 g/mol. The SMILES string of the molecule is CCNC(C)c1ccccc1N(C)C(C)C(C)(C)C. The van der Waals surface area contributed by atoms with Gasteiger partial charge in [0.1, 0.15) is 0 Å². The van der Waals surface area contributed by atoms with Crippen LogP contribution in [0.2, 0.25) is 0 Å². The van der Waals surface area contributed by atoms with Gasteiger partial charge in [-0.3, -0.25) is 0 Å². The molecule has 2 nitrogen and oxygen atoms in total. The van der Waals surface area contributed by atoms with Crippen LogP contribution in [0, 0.1) is 5.41 Å². The Morgan fingerprint density at radius 1 is 1.16 bits per heavy atom. The van der Waals surface area contributed by atoms with Crippen LogP contribution in [0.25, 0.3) is 0 Å². The second kappa shape index (κ2) is 6.42. The Morgan fingerprint density at radius 3 is 2.26 bits per heavy atom. The van der Waals surface area contributed by atoms with Gasteiger partial charge < -0.3 is 10.2 Å². The molecule has 1 rings (SSSR count). The molecule has 0 radical (unpaired) electrons. The Kier molecular flexibility index (Phi) is 5.42. The second-order valence-electron chi connectivity index (χ2n) is 6.49. The summed E-state index contributed by atoms with van der Waals surface area (Å²) in [5.41, 5.74) is 2.98. The maximum atomic E-state index is 3.51. The number of para-hydroxylation sites is 1. The molecule has 0 bridgehead atoms. The molecule has 2 unspecified atom stereocenters. The minimum atomic E-state index is 0.267. The van der Waals surface area contributed by atoms with Crippen molar-refractivity contribution in [3.05, 3.63) is 29.8 Å². The van der Waals surface area contributed by atoms with Gasteiger partial charge in [-0.25, -0.2) is 0 Å². The molecule has 0 saturated heterocycles. The average Bonchev–Trinajstić information content (AvgIpc) is 2.36. The molecule has 0 heterocycles. The van der Waals surface area contributed by atoms with Crippen LogP contribution in [-0.4, -0.2) is 19.6 Å². The smallest absolute Gasteiger partial charge is 0.0414 e. The highest BCUT2D eigenvalue weighted by molar-refractivity contribution is 5.55. The predicted molar refractivity (Wildman–Crippen MR) is 85.9 cm³/mol. The van der Waals surface area contributed by atoms with E-state index in [1.165, 1.54) is 11.3 Å². The molecular formula is C17H30N2. The van der Waals surface area contributed by atoms with Gasteiger partial charge in [0.25, 0.3) is 0 Å². The van der Waals surface area contributed by atoms with Gasteiger partial charge in [0.05, 0.1) is 0 Å². The van der Waals surface area contributed by atoms with E-state index in [2.05, 4.69) is 83.1 Å². The Labute approximate surface area is 119 Å². The Bertz CT molecular complexity index is 392. The first-order valence-corrected chi connectivity index (χ1v) is 7.34. The molecule has 0 fully saturated rings. The van der Waals surface area contributed by atoms with Gasteiger partial charge in [-0.15, -0.1) is 0 Å². The first-order chi connectivity index (χ1) is 8.79. The zero-order chi connectivity index (χ0) is 14.6. The van der Waals surface area contributed by atoms with E-state index in [1.54, 1.807) is 0 Å². The third kappa shape index (κ3) is 3.97. The van der Waals surface area contributed by atoms with Gasteiger partial charge in [-0.05, 0) is 37.4 Å². The molecule has 0 aromatic heterocycles. The highest BCUT2D eigenvalue weighted by Crippen LogP contribution is 2.31. The van der Waals surface area contributed by atoms with Crippen LogP contribution in [0.15, 0.2) is 24.3 Å². The molecule has 0 aliphatic carbocycles. The summed E-state index contributed by atoms with van der Waals surface area (Å²) in [5, 5.41) is 3.51. The third-order valence-corrected chi connectivity index (χ3v) is 4.13. The molecule has 19 heavy (non-hydrogen) atoms. The van der Waals surface area contributed by atoms with Crippen LogP contribution in [-0.2, 0) is 0 Å². The van der Waals surface area contributed by atoms with E-state index in [0.717, 1.165) is 6.54 Å². The summed E-state index contributed by atoms with van der Waals surface area (Å²) in [4.78, 5) is 2.41. The first kappa shape index (κ1) is 16.0. The van der Waals surface area contributed by atoms with Crippen LogP contribution in [0.4, 0.5) is 5.69 Å². The normalized spacial score (nSPS) is 15.1. The van der Waals surface area contributed by atoms with E-state index in [0.29, 0.717) is 12.1 Å². The summed E-state index contributed by atoms with van der Waals surface area (Å²) in [6, 6.07) is 9.59. The minimum absolute atomic E-state index is 0.267. The Hall–Kier alpha value is -1.02. The highest BCUT2D eigenvalue weighted by Gasteiger charge is 2.25. The fourth-order valence-corrected chi connectivity index (χ4v) is 2.38. The molecule has 0 amide bonds. The summed E-state index contributed by atoms with van der Waals surface area (Å²) in [5.74, 6) is 0. The van der Waals surface area contributed by atoms with Crippen molar-refractivity contribution in [1.82, 2.24) is 5.32 Å². The summed E-state index contributed by atoms with van der Waals surface area (Å²) in [7, 11) is 2.20. The molecule has 108 valence electrons. The lowest BCUT2D eigenvalue weighted by Crippen LogP contribution is -2.40. The van der Waals surface area contributed by atoms with Gasteiger partial charge in [-0.1, -0.05) is 45.9 Å². The van der Waals surface area contributed by atoms with Crippen molar-refractivity contribution in [2.45, 2.75) is 53.6 Å². The van der Waals surface area contributed by atoms with E-state index in [9.17, 15) is 0 Å². The summed E-state index contributed by atoms with van der Waals surface area (Å²) < 4.78 is 0. The van der Waals surface area contributed by atoms with Crippen molar-refractivity contribution in [2.24, 2.45) is 5.41 Å². The number of nitrogens with one attached hydrogen (secondary N) is 1. The Morgan fingerprint density at radius 2 is 1.74 bits per heavy atom. The number of hydrogen-bond acceptors (Lipinski definition) is 2. The predicted octanol–water partition coefficient (Wildman–Crippen LogP) is 4.23. The van der Waals surface area contributed by atoms with Crippen molar-refractivity contribution in [1.29, 1.82) is 0 Å². The van der Waals surface area contributed by atoms with E-state index < -0.39 is 0 Å². The van der Waals surface area contributed by atoms with Gasteiger partial charge in [0, 0.05) is 24.8 Å². The van der Waals surface area contributed by atoms with Crippen LogP contribution in [0.3, 0.4) is 0 Å². The molecule has 0 aliphatic rings. The molecular weight excluding hydrogens is 232 g/mol. The van der Waals surface area contributed by atoms with Crippen LogP contribution >= 0.6 is 0 Å². The van der Waals surface area contributed by atoms with Crippen molar-refractivity contribution in [3.8, 4) is 0 Å². The van der Waals surface area contributed by atoms with E-state index >= 15 is 0 Å². The summed E-state index contributed by atoms with van der Waals surface area (Å²) in [6.07, 6.45) is 0. The van der Waals surface area contributed by atoms with E-state index in [1.807, 2.05) is 0 Å². The molecule has 0 spiro atoms. The van der Waals surface area contributed by atoms with Crippen molar-refractivity contribution >= 4 is 5.69 Å². The second-order valence-corrected chi connectivity index (χ2v) is 6.49. The van der Waals surface area contributed by atoms with Crippen molar-refractivity contribution in [2.75, 3.05) is 18.5 Å². The fourth-order valence-electron chi connectivity index (χ4n) is 2.38. The molecule has 0 saturated carbocycles. The summed E-state index contributed by atoms with van der Waals surface area (Å²) >= 11 is 0. The topological polar surface area (TPSA) is 15.3 Å². The quantitative estimate of drug-likeness (QED) is 0.854. The molecule has 1 N–H and O–H groups in total. The summed E-state index contributed by atoms with van der Waals surface area (Å²) in [6.45, 7) is 14.6. The van der Waals surface area contributed by atoms with E-state index in [-0.39, 0.29) is 5.41 Å². The van der Waals surface area contributed by atoms with Gasteiger partial charge in [0.15, 0.2) is 0 Å². The lowest BCUT2D eigenvalue weighted by molar-refractivity contribution is 0.329.